The number of rotatable bonds is 7. The van der Waals surface area contributed by atoms with Crippen LogP contribution in [0.5, 0.6) is 0 Å². The first-order valence-corrected chi connectivity index (χ1v) is 17.7. The number of amides is 5. The summed E-state index contributed by atoms with van der Waals surface area (Å²) in [6.45, 7) is 7.25. The second kappa shape index (κ2) is 14.7. The Morgan fingerprint density at radius 2 is 1.58 bits per heavy atom. The van der Waals surface area contributed by atoms with Crippen LogP contribution in [0, 0.1) is 0 Å². The zero-order valence-electron chi connectivity index (χ0n) is 29.2. The van der Waals surface area contributed by atoms with Crippen LogP contribution in [0.2, 0.25) is 5.02 Å². The molecule has 3 heterocycles. The normalized spacial score (nSPS) is 20.2. The molecule has 0 saturated carbocycles. The Bertz CT molecular complexity index is 1730. The number of ether oxygens (including phenoxy) is 1. The van der Waals surface area contributed by atoms with Crippen LogP contribution in [-0.4, -0.2) is 83.0 Å². The third-order valence-corrected chi connectivity index (χ3v) is 10.2. The maximum atomic E-state index is 14.3. The van der Waals surface area contributed by atoms with Crippen LogP contribution in [0.15, 0.2) is 72.8 Å². The third-order valence-electron chi connectivity index (χ3n) is 9.98. The van der Waals surface area contributed by atoms with E-state index >= 15 is 0 Å². The zero-order valence-corrected chi connectivity index (χ0v) is 29.9. The van der Waals surface area contributed by atoms with Crippen LogP contribution in [0.1, 0.15) is 73.4 Å². The lowest BCUT2D eigenvalue weighted by atomic mass is 9.84. The molecule has 50 heavy (non-hydrogen) atoms. The molecule has 0 spiro atoms. The van der Waals surface area contributed by atoms with Gasteiger partial charge in [-0.3, -0.25) is 14.5 Å². The number of benzene rings is 3. The van der Waals surface area contributed by atoms with Crippen molar-refractivity contribution >= 4 is 35.5 Å². The smallest absolute Gasteiger partial charge is 0.411 e. The van der Waals surface area contributed by atoms with Crippen LogP contribution in [0.25, 0.3) is 0 Å². The summed E-state index contributed by atoms with van der Waals surface area (Å²) in [7, 11) is 1.82. The van der Waals surface area contributed by atoms with Crippen LogP contribution in [-0.2, 0) is 33.7 Å². The van der Waals surface area contributed by atoms with E-state index < -0.39 is 29.7 Å². The van der Waals surface area contributed by atoms with Gasteiger partial charge in [0.25, 0.3) is 0 Å². The number of fused-ring (bicyclic) bond motifs is 1. The van der Waals surface area contributed by atoms with Crippen molar-refractivity contribution in [1.29, 1.82) is 0 Å². The molecule has 3 atom stereocenters. The van der Waals surface area contributed by atoms with Crippen molar-refractivity contribution in [1.82, 2.24) is 25.3 Å². The van der Waals surface area contributed by atoms with Crippen molar-refractivity contribution in [3.05, 3.63) is 106 Å². The van der Waals surface area contributed by atoms with Crippen molar-refractivity contribution in [2.75, 3.05) is 26.7 Å². The topological polar surface area (TPSA) is 111 Å². The molecule has 3 aliphatic rings. The Balaban J connectivity index is 1.20. The monoisotopic (exact) mass is 699 g/mol. The van der Waals surface area contributed by atoms with Gasteiger partial charge in [-0.05, 0) is 79.5 Å². The maximum absolute atomic E-state index is 14.3. The molecule has 0 aromatic heterocycles. The summed E-state index contributed by atoms with van der Waals surface area (Å²) >= 11 is 6.17. The number of halogens is 1. The molecule has 10 nitrogen and oxygen atoms in total. The van der Waals surface area contributed by atoms with Gasteiger partial charge in [-0.15, -0.1) is 0 Å². The Morgan fingerprint density at radius 1 is 0.940 bits per heavy atom. The number of nitrogens with zero attached hydrogens (tertiary/aromatic N) is 3. The largest absolute Gasteiger partial charge is 0.444 e. The van der Waals surface area contributed by atoms with E-state index in [0.717, 1.165) is 35.1 Å². The molecule has 5 amide bonds. The van der Waals surface area contributed by atoms with Crippen molar-refractivity contribution in [3.63, 3.8) is 0 Å². The highest BCUT2D eigenvalue weighted by Gasteiger charge is 2.40. The number of hydrogen-bond donors (Lipinski definition) is 2. The van der Waals surface area contributed by atoms with E-state index in [2.05, 4.69) is 22.8 Å². The second-order valence-corrected chi connectivity index (χ2v) is 15.0. The minimum Gasteiger partial charge on any atom is -0.444 e. The predicted molar refractivity (Wildman–Crippen MR) is 192 cm³/mol. The fraction of sp³-hybridized carbons (Fsp3) is 0.436. The molecule has 0 aliphatic carbocycles. The zero-order chi connectivity index (χ0) is 35.6. The molecule has 3 aromatic rings. The first-order valence-electron chi connectivity index (χ1n) is 17.4. The number of carbonyl (C=O) groups is 4. The molecule has 3 aliphatic heterocycles. The molecular weight excluding hydrogens is 654 g/mol. The van der Waals surface area contributed by atoms with Gasteiger partial charge < -0.3 is 25.2 Å². The number of nitrogens with one attached hydrogen (secondary N) is 2. The highest BCUT2D eigenvalue weighted by Crippen LogP contribution is 2.36. The third kappa shape index (κ3) is 7.91. The number of piperidine rings is 1. The van der Waals surface area contributed by atoms with E-state index in [1.165, 1.54) is 10.5 Å². The van der Waals surface area contributed by atoms with Crippen molar-refractivity contribution in [2.24, 2.45) is 0 Å². The van der Waals surface area contributed by atoms with E-state index in [1.807, 2.05) is 60.5 Å². The number of urea groups is 1. The summed E-state index contributed by atoms with van der Waals surface area (Å²) in [6.07, 6.45) is 1.53. The molecule has 2 saturated heterocycles. The maximum Gasteiger partial charge on any atom is 0.411 e. The van der Waals surface area contributed by atoms with Crippen molar-refractivity contribution < 1.29 is 23.9 Å². The summed E-state index contributed by atoms with van der Waals surface area (Å²) in [5.74, 6) is -0.330. The van der Waals surface area contributed by atoms with Gasteiger partial charge in [0.1, 0.15) is 17.7 Å². The van der Waals surface area contributed by atoms with Gasteiger partial charge in [0.2, 0.25) is 11.8 Å². The Kier molecular flexibility index (Phi) is 10.4. The summed E-state index contributed by atoms with van der Waals surface area (Å²) in [5.41, 5.74) is 4.41. The predicted octanol–water partition coefficient (Wildman–Crippen LogP) is 5.83. The first kappa shape index (κ1) is 35.3. The number of carbonyl (C=O) groups excluding carboxylic acids is 4. The highest BCUT2D eigenvalue weighted by atomic mass is 35.5. The molecule has 2 N–H and O–H groups in total. The van der Waals surface area contributed by atoms with E-state index in [0.29, 0.717) is 31.1 Å². The Morgan fingerprint density at radius 3 is 2.22 bits per heavy atom. The van der Waals surface area contributed by atoms with E-state index in [4.69, 9.17) is 16.3 Å². The van der Waals surface area contributed by atoms with Gasteiger partial charge in [-0.25, -0.2) is 9.59 Å². The summed E-state index contributed by atoms with van der Waals surface area (Å²) < 4.78 is 5.72. The Labute approximate surface area is 299 Å². The summed E-state index contributed by atoms with van der Waals surface area (Å²) in [6, 6.07) is 21.5. The van der Waals surface area contributed by atoms with Crippen LogP contribution < -0.4 is 10.6 Å². The fourth-order valence-electron chi connectivity index (χ4n) is 7.32. The lowest BCUT2D eigenvalue weighted by molar-refractivity contribution is -0.138. The van der Waals surface area contributed by atoms with Gasteiger partial charge in [-0.2, -0.15) is 0 Å². The first-order chi connectivity index (χ1) is 23.9. The second-order valence-electron chi connectivity index (χ2n) is 14.5. The van der Waals surface area contributed by atoms with Gasteiger partial charge >= 0.3 is 12.1 Å². The molecule has 6 rings (SSSR count). The van der Waals surface area contributed by atoms with E-state index in [1.54, 1.807) is 37.8 Å². The average Bonchev–Trinajstić information content (AvgIpc) is 3.44. The van der Waals surface area contributed by atoms with Crippen molar-refractivity contribution in [2.45, 2.75) is 82.6 Å². The summed E-state index contributed by atoms with van der Waals surface area (Å²) in [5, 5.41) is 6.58. The van der Waals surface area contributed by atoms with Crippen LogP contribution in [0.3, 0.4) is 0 Å². The molecule has 2 fully saturated rings. The van der Waals surface area contributed by atoms with Crippen LogP contribution in [0.4, 0.5) is 9.59 Å². The van der Waals surface area contributed by atoms with Crippen molar-refractivity contribution in [3.8, 4) is 0 Å². The molecule has 11 heteroatoms. The SMILES string of the molecule is CN1C(=O)NCC1c1ccccc1C1CCN(C(=O)[C@@H](Cc2ccc(Cl)cc2)NC(=O)[C@@H]2Cc3ccccc3CN2C(=O)OC(C)(C)C)CC1. The quantitative estimate of drug-likeness (QED) is 0.323. The summed E-state index contributed by atoms with van der Waals surface area (Å²) in [4.78, 5) is 59.2. The minimum atomic E-state index is -0.852. The fourth-order valence-corrected chi connectivity index (χ4v) is 7.44. The lowest BCUT2D eigenvalue weighted by Crippen LogP contribution is -2.58. The van der Waals surface area contributed by atoms with Gasteiger partial charge in [-0.1, -0.05) is 72.3 Å². The molecule has 3 aromatic carbocycles. The highest BCUT2D eigenvalue weighted by molar-refractivity contribution is 6.30. The van der Waals surface area contributed by atoms with Gasteiger partial charge in [0.05, 0.1) is 12.6 Å². The standard InChI is InChI=1S/C39H46ClN5O5/c1-39(2,3)50-38(49)45-24-28-10-6-5-9-27(28)22-33(45)35(46)42-32(21-25-13-15-29(40)16-14-25)36(47)44-19-17-26(18-20-44)30-11-7-8-12-31(30)34-23-41-37(48)43(34)4/h5-16,26,32-34H,17-24H2,1-4H3,(H,41,48)(H,42,46)/t32-,33+,34?/m1/s1. The van der Waals surface area contributed by atoms with Gasteiger partial charge in [0.15, 0.2) is 0 Å². The minimum absolute atomic E-state index is 0.0377. The molecule has 0 bridgehead atoms. The number of likely N-dealkylation sites (tertiary alicyclic amines) is 1. The number of likely N-dealkylation sites (N-methyl/N-ethyl adjacent to an activating group) is 1. The van der Waals surface area contributed by atoms with E-state index in [-0.39, 0.29) is 36.9 Å². The van der Waals surface area contributed by atoms with Crippen LogP contribution >= 0.6 is 11.6 Å². The Hall–Kier alpha value is -4.57. The van der Waals surface area contributed by atoms with Gasteiger partial charge in [0, 0.05) is 44.5 Å². The molecule has 0 radical (unpaired) electrons. The number of hydrogen-bond acceptors (Lipinski definition) is 5. The molecular formula is C39H46ClN5O5. The average molecular weight is 700 g/mol. The lowest BCUT2D eigenvalue weighted by Gasteiger charge is -2.38. The van der Waals surface area contributed by atoms with E-state index in [9.17, 15) is 19.2 Å². The molecule has 264 valence electrons. The molecule has 1 unspecified atom stereocenters.